The van der Waals surface area contributed by atoms with Crippen LogP contribution < -0.4 is 5.32 Å². The number of likely N-dealkylation sites (tertiary alicyclic amines) is 1. The fraction of sp³-hybridized carbons (Fsp3) is 1.00. The third kappa shape index (κ3) is 2.14. The van der Waals surface area contributed by atoms with Gasteiger partial charge in [-0.2, -0.15) is 0 Å². The summed E-state index contributed by atoms with van der Waals surface area (Å²) in [7, 11) is 2.25. The largest absolute Gasteiger partial charge is 0.313 e. The summed E-state index contributed by atoms with van der Waals surface area (Å²) in [6.45, 7) is 6.27. The molecule has 16 heavy (non-hydrogen) atoms. The Kier molecular flexibility index (Phi) is 2.75. The summed E-state index contributed by atoms with van der Waals surface area (Å²) in [5.41, 5.74) is 0.767. The molecule has 3 rings (SSSR count). The van der Waals surface area contributed by atoms with Crippen LogP contribution in [0.25, 0.3) is 0 Å². The van der Waals surface area contributed by atoms with Crippen LogP contribution in [0.4, 0.5) is 0 Å². The maximum Gasteiger partial charge on any atom is 0.0117 e. The standard InChI is InChI=1S/C14H26N2/c1-11-9-16(2)8-5-13(11)15-10-14(6-7-14)12-3-4-12/h11-13,15H,3-10H2,1-2H3. The van der Waals surface area contributed by atoms with E-state index in [1.54, 1.807) is 0 Å². The molecule has 0 spiro atoms. The van der Waals surface area contributed by atoms with E-state index in [-0.39, 0.29) is 0 Å². The van der Waals surface area contributed by atoms with Crippen LogP contribution in [0.5, 0.6) is 0 Å². The Hall–Kier alpha value is -0.0800. The molecule has 2 aliphatic carbocycles. The van der Waals surface area contributed by atoms with E-state index in [0.717, 1.165) is 23.3 Å². The van der Waals surface area contributed by atoms with E-state index >= 15 is 0 Å². The number of rotatable bonds is 4. The van der Waals surface area contributed by atoms with Crippen molar-refractivity contribution in [3.63, 3.8) is 0 Å². The van der Waals surface area contributed by atoms with Gasteiger partial charge in [-0.15, -0.1) is 0 Å². The number of hydrogen-bond acceptors (Lipinski definition) is 2. The molecule has 2 heteroatoms. The average Bonchev–Trinajstić information content (AvgIpc) is 3.11. The molecule has 0 aromatic heterocycles. The minimum Gasteiger partial charge on any atom is -0.313 e. The van der Waals surface area contributed by atoms with Gasteiger partial charge in [0.05, 0.1) is 0 Å². The summed E-state index contributed by atoms with van der Waals surface area (Å²) in [5.74, 6) is 1.93. The first-order valence-corrected chi connectivity index (χ1v) is 7.11. The number of hydrogen-bond donors (Lipinski definition) is 1. The lowest BCUT2D eigenvalue weighted by Gasteiger charge is -2.36. The molecule has 1 aliphatic heterocycles. The SMILES string of the molecule is CC1CN(C)CCC1NCC1(C2CC2)CC1. The van der Waals surface area contributed by atoms with E-state index < -0.39 is 0 Å². The lowest BCUT2D eigenvalue weighted by Crippen LogP contribution is -2.48. The van der Waals surface area contributed by atoms with Gasteiger partial charge >= 0.3 is 0 Å². The lowest BCUT2D eigenvalue weighted by atomic mass is 9.92. The molecule has 0 amide bonds. The van der Waals surface area contributed by atoms with E-state index in [9.17, 15) is 0 Å². The first-order valence-electron chi connectivity index (χ1n) is 7.11. The minimum absolute atomic E-state index is 0.767. The fourth-order valence-corrected chi connectivity index (χ4v) is 3.58. The van der Waals surface area contributed by atoms with Crippen molar-refractivity contribution in [3.05, 3.63) is 0 Å². The molecule has 0 bridgehead atoms. The summed E-state index contributed by atoms with van der Waals surface area (Å²) < 4.78 is 0. The molecule has 2 atom stereocenters. The molecule has 2 nitrogen and oxygen atoms in total. The molecule has 2 unspecified atom stereocenters. The third-order valence-corrected chi connectivity index (χ3v) is 5.16. The molecule has 0 radical (unpaired) electrons. The van der Waals surface area contributed by atoms with Crippen LogP contribution in [-0.2, 0) is 0 Å². The van der Waals surface area contributed by atoms with Crippen LogP contribution in [-0.4, -0.2) is 37.6 Å². The van der Waals surface area contributed by atoms with Gasteiger partial charge in [-0.3, -0.25) is 0 Å². The van der Waals surface area contributed by atoms with Crippen LogP contribution in [0.3, 0.4) is 0 Å². The molecule has 1 heterocycles. The quantitative estimate of drug-likeness (QED) is 0.784. The average molecular weight is 222 g/mol. The number of nitrogens with zero attached hydrogens (tertiary/aromatic N) is 1. The highest BCUT2D eigenvalue weighted by molar-refractivity contribution is 5.05. The van der Waals surface area contributed by atoms with Gasteiger partial charge in [0, 0.05) is 19.1 Å². The topological polar surface area (TPSA) is 15.3 Å². The zero-order valence-corrected chi connectivity index (χ0v) is 10.8. The second-order valence-electron chi connectivity index (χ2n) is 6.65. The second kappa shape index (κ2) is 3.99. The van der Waals surface area contributed by atoms with Crippen molar-refractivity contribution in [2.75, 3.05) is 26.7 Å². The number of piperidine rings is 1. The molecular formula is C14H26N2. The molecule has 1 saturated heterocycles. The zero-order valence-electron chi connectivity index (χ0n) is 10.8. The molecular weight excluding hydrogens is 196 g/mol. The molecule has 2 saturated carbocycles. The van der Waals surface area contributed by atoms with Gasteiger partial charge in [-0.1, -0.05) is 6.92 Å². The van der Waals surface area contributed by atoms with Crippen LogP contribution in [0.15, 0.2) is 0 Å². The van der Waals surface area contributed by atoms with Crippen LogP contribution in [0.1, 0.15) is 39.0 Å². The summed E-state index contributed by atoms with van der Waals surface area (Å²) in [5, 5.41) is 3.89. The van der Waals surface area contributed by atoms with Gasteiger partial charge in [0.15, 0.2) is 0 Å². The predicted molar refractivity (Wildman–Crippen MR) is 67.5 cm³/mol. The van der Waals surface area contributed by atoms with Crippen molar-refractivity contribution in [1.29, 1.82) is 0 Å². The van der Waals surface area contributed by atoms with Crippen LogP contribution in [0, 0.1) is 17.3 Å². The van der Waals surface area contributed by atoms with E-state index in [2.05, 4.69) is 24.2 Å². The Balaban J connectivity index is 1.47. The highest BCUT2D eigenvalue weighted by atomic mass is 15.1. The minimum atomic E-state index is 0.767. The van der Waals surface area contributed by atoms with Gasteiger partial charge in [-0.05, 0) is 62.9 Å². The molecule has 0 aromatic rings. The van der Waals surface area contributed by atoms with Crippen molar-refractivity contribution < 1.29 is 0 Å². The monoisotopic (exact) mass is 222 g/mol. The Labute approximate surface area is 99.8 Å². The summed E-state index contributed by atoms with van der Waals surface area (Å²) in [6.07, 6.45) is 7.39. The molecule has 3 fully saturated rings. The predicted octanol–water partition coefficient (Wildman–Crippen LogP) is 2.11. The van der Waals surface area contributed by atoms with Gasteiger partial charge in [0.1, 0.15) is 0 Å². The Morgan fingerprint density at radius 2 is 2.00 bits per heavy atom. The molecule has 92 valence electrons. The zero-order chi connectivity index (χ0) is 11.2. The van der Waals surface area contributed by atoms with Crippen molar-refractivity contribution in [3.8, 4) is 0 Å². The van der Waals surface area contributed by atoms with E-state index in [1.807, 2.05) is 0 Å². The van der Waals surface area contributed by atoms with Gasteiger partial charge in [0.2, 0.25) is 0 Å². The lowest BCUT2D eigenvalue weighted by molar-refractivity contribution is 0.168. The van der Waals surface area contributed by atoms with Crippen molar-refractivity contribution in [1.82, 2.24) is 10.2 Å². The van der Waals surface area contributed by atoms with Crippen molar-refractivity contribution in [2.45, 2.75) is 45.1 Å². The summed E-state index contributed by atoms with van der Waals surface area (Å²) >= 11 is 0. The van der Waals surface area contributed by atoms with Crippen LogP contribution >= 0.6 is 0 Å². The third-order valence-electron chi connectivity index (χ3n) is 5.16. The smallest absolute Gasteiger partial charge is 0.0117 e. The number of nitrogens with one attached hydrogen (secondary N) is 1. The van der Waals surface area contributed by atoms with Gasteiger partial charge < -0.3 is 10.2 Å². The Morgan fingerprint density at radius 1 is 1.25 bits per heavy atom. The van der Waals surface area contributed by atoms with E-state index in [4.69, 9.17) is 0 Å². The van der Waals surface area contributed by atoms with Crippen LogP contribution in [0.2, 0.25) is 0 Å². The molecule has 0 aromatic carbocycles. The van der Waals surface area contributed by atoms with Gasteiger partial charge in [0.25, 0.3) is 0 Å². The van der Waals surface area contributed by atoms with E-state index in [0.29, 0.717) is 0 Å². The first-order chi connectivity index (χ1) is 7.70. The summed E-state index contributed by atoms with van der Waals surface area (Å²) in [4.78, 5) is 2.47. The Bertz CT molecular complexity index is 255. The van der Waals surface area contributed by atoms with E-state index in [1.165, 1.54) is 51.7 Å². The van der Waals surface area contributed by atoms with Crippen molar-refractivity contribution >= 4 is 0 Å². The fourth-order valence-electron chi connectivity index (χ4n) is 3.58. The normalized spacial score (nSPS) is 38.6. The first kappa shape index (κ1) is 11.0. The second-order valence-corrected chi connectivity index (χ2v) is 6.65. The molecule has 1 N–H and O–H groups in total. The Morgan fingerprint density at radius 3 is 2.56 bits per heavy atom. The van der Waals surface area contributed by atoms with Crippen molar-refractivity contribution in [2.24, 2.45) is 17.3 Å². The maximum absolute atomic E-state index is 3.89. The molecule has 3 aliphatic rings. The van der Waals surface area contributed by atoms with Gasteiger partial charge in [-0.25, -0.2) is 0 Å². The highest BCUT2D eigenvalue weighted by Crippen LogP contribution is 2.60. The highest BCUT2D eigenvalue weighted by Gasteiger charge is 2.53. The maximum atomic E-state index is 3.89. The summed E-state index contributed by atoms with van der Waals surface area (Å²) in [6, 6.07) is 0.785.